The number of carbonyl (C=O) groups is 2. The number of aromatic nitrogens is 2. The minimum atomic E-state index is -0.0588. The zero-order valence-corrected chi connectivity index (χ0v) is 18.9. The van der Waals surface area contributed by atoms with Crippen LogP contribution in [-0.4, -0.2) is 52.0 Å². The summed E-state index contributed by atoms with van der Waals surface area (Å²) in [5, 5.41) is 7.23. The highest BCUT2D eigenvalue weighted by Crippen LogP contribution is 2.32. The first-order valence-corrected chi connectivity index (χ1v) is 11.8. The number of amides is 3. The van der Waals surface area contributed by atoms with Crippen LogP contribution < -0.4 is 10.6 Å². The lowest BCUT2D eigenvalue weighted by Crippen LogP contribution is -2.51. The van der Waals surface area contributed by atoms with Gasteiger partial charge in [-0.15, -0.1) is 11.3 Å². The predicted molar refractivity (Wildman–Crippen MR) is 119 cm³/mol. The summed E-state index contributed by atoms with van der Waals surface area (Å²) in [5.74, 6) is 0.802. The zero-order valence-electron chi connectivity index (χ0n) is 18.1. The molecule has 0 radical (unpaired) electrons. The van der Waals surface area contributed by atoms with Crippen LogP contribution in [0.3, 0.4) is 0 Å². The lowest BCUT2D eigenvalue weighted by Gasteiger charge is -2.33. The molecule has 0 spiro atoms. The van der Waals surface area contributed by atoms with Crippen molar-refractivity contribution in [3.8, 4) is 0 Å². The lowest BCUT2D eigenvalue weighted by molar-refractivity contribution is 0.0712. The van der Waals surface area contributed by atoms with Crippen LogP contribution in [0.1, 0.15) is 71.7 Å². The topological polar surface area (TPSA) is 87.2 Å². The maximum absolute atomic E-state index is 13.2. The second kappa shape index (κ2) is 8.88. The highest BCUT2D eigenvalue weighted by Gasteiger charge is 2.28. The molecule has 1 saturated carbocycles. The molecule has 162 valence electrons. The van der Waals surface area contributed by atoms with Gasteiger partial charge in [-0.25, -0.2) is 14.8 Å². The third kappa shape index (κ3) is 4.43. The van der Waals surface area contributed by atoms with E-state index in [0.717, 1.165) is 57.9 Å². The molecule has 1 saturated heterocycles. The molecule has 30 heavy (non-hydrogen) atoms. The van der Waals surface area contributed by atoms with Gasteiger partial charge >= 0.3 is 6.03 Å². The van der Waals surface area contributed by atoms with Crippen LogP contribution in [0, 0.1) is 20.8 Å². The zero-order chi connectivity index (χ0) is 21.3. The monoisotopic (exact) mass is 429 g/mol. The van der Waals surface area contributed by atoms with Crippen molar-refractivity contribution >= 4 is 33.5 Å². The summed E-state index contributed by atoms with van der Waals surface area (Å²) in [5.41, 5.74) is 1.90. The molecule has 2 aromatic rings. The molecule has 0 aromatic carbocycles. The molecule has 0 atom stereocenters. The Hall–Kier alpha value is -2.22. The molecule has 2 N–H and O–H groups in total. The first-order chi connectivity index (χ1) is 14.4. The number of hydrogen-bond acceptors (Lipinski definition) is 5. The Kier molecular flexibility index (Phi) is 6.22. The summed E-state index contributed by atoms with van der Waals surface area (Å²) < 4.78 is 0. The Balaban J connectivity index is 1.34. The summed E-state index contributed by atoms with van der Waals surface area (Å²) in [7, 11) is 0. The molecule has 0 unspecified atom stereocenters. The van der Waals surface area contributed by atoms with Crippen molar-refractivity contribution in [2.45, 2.75) is 77.8 Å². The molecule has 3 amide bonds. The highest BCUT2D eigenvalue weighted by molar-refractivity contribution is 7.20. The average Bonchev–Trinajstić information content (AvgIpc) is 3.05. The summed E-state index contributed by atoms with van der Waals surface area (Å²) in [6, 6.07) is 0.375. The largest absolute Gasteiger partial charge is 0.338 e. The predicted octanol–water partition coefficient (Wildman–Crippen LogP) is 3.85. The number of thiophene rings is 1. The quantitative estimate of drug-likeness (QED) is 0.776. The van der Waals surface area contributed by atoms with Gasteiger partial charge in [0.1, 0.15) is 10.7 Å². The van der Waals surface area contributed by atoms with E-state index in [-0.39, 0.29) is 18.0 Å². The number of nitrogens with zero attached hydrogens (tertiary/aromatic N) is 3. The van der Waals surface area contributed by atoms with Gasteiger partial charge in [-0.05, 0) is 52.0 Å². The Morgan fingerprint density at radius 2 is 1.57 bits per heavy atom. The lowest BCUT2D eigenvalue weighted by atomic mass is 9.96. The molecule has 1 aliphatic heterocycles. The van der Waals surface area contributed by atoms with Gasteiger partial charge in [-0.3, -0.25) is 4.79 Å². The SMILES string of the molecule is Cc1nc(C)c2c(C)c(C(=O)N3CCC(NC(=O)NC4CCCCC4)CC3)sc2n1. The molecule has 2 aromatic heterocycles. The van der Waals surface area contributed by atoms with E-state index < -0.39 is 0 Å². The second-order valence-corrected chi connectivity index (χ2v) is 9.61. The number of likely N-dealkylation sites (tertiary alicyclic amines) is 1. The van der Waals surface area contributed by atoms with Crippen molar-refractivity contribution in [2.75, 3.05) is 13.1 Å². The highest BCUT2D eigenvalue weighted by atomic mass is 32.1. The molecule has 2 fully saturated rings. The van der Waals surface area contributed by atoms with Crippen LogP contribution in [0.2, 0.25) is 0 Å². The Morgan fingerprint density at radius 3 is 2.23 bits per heavy atom. The molecule has 3 heterocycles. The Labute approximate surface area is 181 Å². The van der Waals surface area contributed by atoms with E-state index in [2.05, 4.69) is 20.6 Å². The molecule has 0 bridgehead atoms. The molecular weight excluding hydrogens is 398 g/mol. The maximum Gasteiger partial charge on any atom is 0.315 e. The van der Waals surface area contributed by atoms with Crippen LogP contribution in [0.25, 0.3) is 10.2 Å². The summed E-state index contributed by atoms with van der Waals surface area (Å²) in [6.07, 6.45) is 7.41. The third-order valence-corrected chi connectivity index (χ3v) is 7.51. The van der Waals surface area contributed by atoms with E-state index in [0.29, 0.717) is 19.1 Å². The van der Waals surface area contributed by atoms with Gasteiger partial charge < -0.3 is 15.5 Å². The summed E-state index contributed by atoms with van der Waals surface area (Å²) >= 11 is 1.46. The Morgan fingerprint density at radius 1 is 0.933 bits per heavy atom. The van der Waals surface area contributed by atoms with E-state index >= 15 is 0 Å². The molecular formula is C22H31N5O2S. The summed E-state index contributed by atoms with van der Waals surface area (Å²) in [6.45, 7) is 7.16. The van der Waals surface area contributed by atoms with Crippen molar-refractivity contribution in [3.63, 3.8) is 0 Å². The first kappa shape index (κ1) is 21.0. The van der Waals surface area contributed by atoms with Crippen molar-refractivity contribution in [3.05, 3.63) is 22.0 Å². The maximum atomic E-state index is 13.2. The van der Waals surface area contributed by atoms with E-state index in [1.165, 1.54) is 30.6 Å². The van der Waals surface area contributed by atoms with Gasteiger partial charge in [0.15, 0.2) is 0 Å². The van der Waals surface area contributed by atoms with E-state index in [4.69, 9.17) is 0 Å². The van der Waals surface area contributed by atoms with Crippen molar-refractivity contribution < 1.29 is 9.59 Å². The van der Waals surface area contributed by atoms with E-state index in [1.54, 1.807) is 0 Å². The van der Waals surface area contributed by atoms with E-state index in [1.807, 2.05) is 25.7 Å². The average molecular weight is 430 g/mol. The molecule has 2 aliphatic rings. The van der Waals surface area contributed by atoms with Gasteiger partial charge in [0.2, 0.25) is 0 Å². The molecule has 8 heteroatoms. The number of carbonyl (C=O) groups excluding carboxylic acids is 2. The number of rotatable bonds is 3. The number of urea groups is 1. The number of nitrogens with one attached hydrogen (secondary N) is 2. The van der Waals surface area contributed by atoms with Crippen LogP contribution in [0.15, 0.2) is 0 Å². The number of hydrogen-bond donors (Lipinski definition) is 2. The van der Waals surface area contributed by atoms with Gasteiger partial charge in [-0.2, -0.15) is 0 Å². The number of piperidine rings is 1. The fourth-order valence-corrected chi connectivity index (χ4v) is 5.95. The molecule has 4 rings (SSSR count). The van der Waals surface area contributed by atoms with Crippen molar-refractivity contribution in [1.82, 2.24) is 25.5 Å². The minimum Gasteiger partial charge on any atom is -0.338 e. The summed E-state index contributed by atoms with van der Waals surface area (Å²) in [4.78, 5) is 38.0. The van der Waals surface area contributed by atoms with Crippen LogP contribution in [0.4, 0.5) is 4.79 Å². The molecule has 1 aliphatic carbocycles. The van der Waals surface area contributed by atoms with Gasteiger partial charge in [0.25, 0.3) is 5.91 Å². The van der Waals surface area contributed by atoms with Crippen LogP contribution in [0.5, 0.6) is 0 Å². The fourth-order valence-electron chi connectivity index (χ4n) is 4.71. The fraction of sp³-hybridized carbons (Fsp3) is 0.636. The number of fused-ring (bicyclic) bond motifs is 1. The number of aryl methyl sites for hydroxylation is 3. The van der Waals surface area contributed by atoms with Crippen molar-refractivity contribution in [1.29, 1.82) is 0 Å². The van der Waals surface area contributed by atoms with Gasteiger partial charge in [0.05, 0.1) is 4.88 Å². The normalized spacial score (nSPS) is 18.6. The van der Waals surface area contributed by atoms with Crippen LogP contribution >= 0.6 is 11.3 Å². The van der Waals surface area contributed by atoms with Gasteiger partial charge in [-0.1, -0.05) is 19.3 Å². The van der Waals surface area contributed by atoms with Crippen LogP contribution in [-0.2, 0) is 0 Å². The smallest absolute Gasteiger partial charge is 0.315 e. The second-order valence-electron chi connectivity index (χ2n) is 8.61. The Bertz CT molecular complexity index is 943. The van der Waals surface area contributed by atoms with Gasteiger partial charge in [0, 0.05) is 36.3 Å². The first-order valence-electron chi connectivity index (χ1n) is 11.0. The van der Waals surface area contributed by atoms with Crippen molar-refractivity contribution in [2.24, 2.45) is 0 Å². The van der Waals surface area contributed by atoms with E-state index in [9.17, 15) is 9.59 Å². The molecule has 7 nitrogen and oxygen atoms in total. The standard InChI is InChI=1S/C22H31N5O2S/c1-13-18-14(2)23-15(3)24-20(18)30-19(13)21(28)27-11-9-17(10-12-27)26-22(29)25-16-7-5-4-6-8-16/h16-17H,4-12H2,1-3H3,(H2,25,26,29). The third-order valence-electron chi connectivity index (χ3n) is 6.33. The minimum absolute atomic E-state index is 0.0588.